The zero-order valence-corrected chi connectivity index (χ0v) is 13.1. The third kappa shape index (κ3) is 4.62. The maximum atomic E-state index is 12.1. The molecule has 2 rings (SSSR count). The molecule has 0 aliphatic heterocycles. The average molecular weight is 298 g/mol. The fourth-order valence-electron chi connectivity index (χ4n) is 2.45. The SMILES string of the molecule is C.Cc1cc(C)cc(NCC(=O)Nc2c(C)cccc2C)c1. The Labute approximate surface area is 133 Å². The van der Waals surface area contributed by atoms with Crippen LogP contribution in [0.4, 0.5) is 11.4 Å². The molecular weight excluding hydrogens is 272 g/mol. The maximum Gasteiger partial charge on any atom is 0.243 e. The van der Waals surface area contributed by atoms with Crippen molar-refractivity contribution >= 4 is 17.3 Å². The molecule has 22 heavy (non-hydrogen) atoms. The van der Waals surface area contributed by atoms with E-state index in [2.05, 4.69) is 30.5 Å². The fraction of sp³-hybridized carbons (Fsp3) is 0.316. The number of nitrogens with one attached hydrogen (secondary N) is 2. The number of amides is 1. The van der Waals surface area contributed by atoms with Gasteiger partial charge in [-0.1, -0.05) is 31.7 Å². The molecule has 0 unspecified atom stereocenters. The summed E-state index contributed by atoms with van der Waals surface area (Å²) in [7, 11) is 0. The van der Waals surface area contributed by atoms with Gasteiger partial charge in [0.25, 0.3) is 0 Å². The summed E-state index contributed by atoms with van der Waals surface area (Å²) in [5, 5.41) is 6.15. The van der Waals surface area contributed by atoms with Crippen LogP contribution in [0.5, 0.6) is 0 Å². The van der Waals surface area contributed by atoms with E-state index in [1.165, 1.54) is 11.1 Å². The topological polar surface area (TPSA) is 41.1 Å². The molecule has 0 aliphatic carbocycles. The number of hydrogen-bond donors (Lipinski definition) is 2. The normalized spacial score (nSPS) is 9.82. The van der Waals surface area contributed by atoms with Gasteiger partial charge >= 0.3 is 0 Å². The van der Waals surface area contributed by atoms with E-state index in [0.29, 0.717) is 0 Å². The summed E-state index contributed by atoms with van der Waals surface area (Å²) < 4.78 is 0. The summed E-state index contributed by atoms with van der Waals surface area (Å²) >= 11 is 0. The molecule has 3 nitrogen and oxygen atoms in total. The summed E-state index contributed by atoms with van der Waals surface area (Å²) in [6.45, 7) is 8.36. The number of hydrogen-bond acceptors (Lipinski definition) is 2. The second-order valence-corrected chi connectivity index (χ2v) is 5.54. The lowest BCUT2D eigenvalue weighted by Crippen LogP contribution is -2.22. The largest absolute Gasteiger partial charge is 0.376 e. The third-order valence-electron chi connectivity index (χ3n) is 3.42. The van der Waals surface area contributed by atoms with Gasteiger partial charge in [-0.05, 0) is 62.1 Å². The van der Waals surface area contributed by atoms with Crippen molar-refractivity contribution < 1.29 is 4.79 Å². The summed E-state index contributed by atoms with van der Waals surface area (Å²) in [6, 6.07) is 12.2. The number of para-hydroxylation sites is 1. The molecule has 0 saturated carbocycles. The van der Waals surface area contributed by atoms with Crippen molar-refractivity contribution in [3.8, 4) is 0 Å². The van der Waals surface area contributed by atoms with E-state index in [9.17, 15) is 4.79 Å². The van der Waals surface area contributed by atoms with E-state index in [1.54, 1.807) is 0 Å². The predicted octanol–water partition coefficient (Wildman–Crippen LogP) is 4.61. The number of rotatable bonds is 4. The summed E-state index contributed by atoms with van der Waals surface area (Å²) in [5.41, 5.74) is 6.42. The van der Waals surface area contributed by atoms with Crippen LogP contribution in [0, 0.1) is 27.7 Å². The van der Waals surface area contributed by atoms with Gasteiger partial charge in [-0.15, -0.1) is 0 Å². The first kappa shape index (κ1) is 17.8. The Hall–Kier alpha value is -2.29. The first-order chi connectivity index (χ1) is 9.95. The highest BCUT2D eigenvalue weighted by Gasteiger charge is 2.07. The van der Waals surface area contributed by atoms with Gasteiger partial charge in [-0.3, -0.25) is 4.79 Å². The highest BCUT2D eigenvalue weighted by molar-refractivity contribution is 5.95. The molecule has 0 atom stereocenters. The quantitative estimate of drug-likeness (QED) is 0.865. The van der Waals surface area contributed by atoms with Gasteiger partial charge < -0.3 is 10.6 Å². The van der Waals surface area contributed by atoms with Crippen LogP contribution in [-0.4, -0.2) is 12.5 Å². The Balaban J connectivity index is 0.00000242. The third-order valence-corrected chi connectivity index (χ3v) is 3.42. The molecule has 0 radical (unpaired) electrons. The van der Waals surface area contributed by atoms with Crippen LogP contribution >= 0.6 is 0 Å². The van der Waals surface area contributed by atoms with Gasteiger partial charge in [-0.2, -0.15) is 0 Å². The van der Waals surface area contributed by atoms with Crippen molar-refractivity contribution in [2.24, 2.45) is 0 Å². The second-order valence-electron chi connectivity index (χ2n) is 5.54. The molecule has 0 fully saturated rings. The van der Waals surface area contributed by atoms with Crippen molar-refractivity contribution in [2.45, 2.75) is 35.1 Å². The van der Waals surface area contributed by atoms with E-state index < -0.39 is 0 Å². The van der Waals surface area contributed by atoms with Gasteiger partial charge in [0.2, 0.25) is 5.91 Å². The highest BCUT2D eigenvalue weighted by atomic mass is 16.1. The van der Waals surface area contributed by atoms with E-state index in [4.69, 9.17) is 0 Å². The van der Waals surface area contributed by atoms with Gasteiger partial charge in [0, 0.05) is 11.4 Å². The molecule has 0 aliphatic rings. The first-order valence-electron chi connectivity index (χ1n) is 7.14. The van der Waals surface area contributed by atoms with Gasteiger partial charge in [0.05, 0.1) is 6.54 Å². The molecule has 0 aromatic heterocycles. The average Bonchev–Trinajstić information content (AvgIpc) is 2.40. The number of benzene rings is 2. The standard InChI is InChI=1S/C18H22N2O.CH4/c1-12-8-13(2)10-16(9-12)19-11-17(21)20-18-14(3)6-5-7-15(18)4;/h5-10,19H,11H2,1-4H3,(H,20,21);1H4. The Morgan fingerprint density at radius 2 is 1.50 bits per heavy atom. The number of anilines is 2. The highest BCUT2D eigenvalue weighted by Crippen LogP contribution is 2.19. The van der Waals surface area contributed by atoms with Crippen LogP contribution < -0.4 is 10.6 Å². The van der Waals surface area contributed by atoms with E-state index >= 15 is 0 Å². The fourth-order valence-corrected chi connectivity index (χ4v) is 2.45. The first-order valence-corrected chi connectivity index (χ1v) is 7.14. The predicted molar refractivity (Wildman–Crippen MR) is 95.7 cm³/mol. The van der Waals surface area contributed by atoms with Crippen LogP contribution in [0.3, 0.4) is 0 Å². The van der Waals surface area contributed by atoms with Crippen molar-refractivity contribution in [3.63, 3.8) is 0 Å². The minimum atomic E-state index is -0.0356. The smallest absolute Gasteiger partial charge is 0.243 e. The van der Waals surface area contributed by atoms with Crippen LogP contribution in [0.25, 0.3) is 0 Å². The Morgan fingerprint density at radius 1 is 0.955 bits per heavy atom. The zero-order valence-electron chi connectivity index (χ0n) is 13.1. The molecule has 2 aromatic carbocycles. The van der Waals surface area contributed by atoms with Gasteiger partial charge in [0.15, 0.2) is 0 Å². The van der Waals surface area contributed by atoms with E-state index in [1.807, 2.05) is 44.2 Å². The lowest BCUT2D eigenvalue weighted by Gasteiger charge is -2.13. The molecular formula is C19H26N2O. The number of carbonyl (C=O) groups excluding carboxylic acids is 1. The van der Waals surface area contributed by atoms with Crippen LogP contribution in [-0.2, 0) is 4.79 Å². The van der Waals surface area contributed by atoms with Gasteiger partial charge in [0.1, 0.15) is 0 Å². The van der Waals surface area contributed by atoms with Crippen LogP contribution in [0.1, 0.15) is 29.7 Å². The van der Waals surface area contributed by atoms with Crippen molar-refractivity contribution in [1.82, 2.24) is 0 Å². The lowest BCUT2D eigenvalue weighted by atomic mass is 10.1. The molecule has 2 aromatic rings. The monoisotopic (exact) mass is 298 g/mol. The zero-order chi connectivity index (χ0) is 15.4. The lowest BCUT2D eigenvalue weighted by molar-refractivity contribution is -0.114. The molecule has 1 amide bonds. The van der Waals surface area contributed by atoms with Crippen LogP contribution in [0.2, 0.25) is 0 Å². The van der Waals surface area contributed by atoms with Crippen molar-refractivity contribution in [3.05, 3.63) is 58.7 Å². The minimum Gasteiger partial charge on any atom is -0.376 e. The van der Waals surface area contributed by atoms with Crippen LogP contribution in [0.15, 0.2) is 36.4 Å². The second kappa shape index (κ2) is 7.64. The van der Waals surface area contributed by atoms with Crippen molar-refractivity contribution in [2.75, 3.05) is 17.2 Å². The molecule has 0 heterocycles. The summed E-state index contributed by atoms with van der Waals surface area (Å²) in [4.78, 5) is 12.1. The van der Waals surface area contributed by atoms with E-state index in [0.717, 1.165) is 22.5 Å². The number of aryl methyl sites for hydroxylation is 4. The summed E-state index contributed by atoms with van der Waals surface area (Å²) in [5.74, 6) is -0.0356. The van der Waals surface area contributed by atoms with Crippen molar-refractivity contribution in [1.29, 1.82) is 0 Å². The minimum absolute atomic E-state index is 0. The summed E-state index contributed by atoms with van der Waals surface area (Å²) in [6.07, 6.45) is 0. The Morgan fingerprint density at radius 3 is 2.05 bits per heavy atom. The molecule has 118 valence electrons. The van der Waals surface area contributed by atoms with Gasteiger partial charge in [-0.25, -0.2) is 0 Å². The molecule has 3 heteroatoms. The maximum absolute atomic E-state index is 12.1. The van der Waals surface area contributed by atoms with E-state index in [-0.39, 0.29) is 19.9 Å². The molecule has 0 bridgehead atoms. The molecule has 0 spiro atoms. The Kier molecular flexibility index (Phi) is 6.17. The Bertz CT molecular complexity index is 622. The number of carbonyl (C=O) groups is 1. The molecule has 0 saturated heterocycles. The molecule has 2 N–H and O–H groups in total.